The highest BCUT2D eigenvalue weighted by Gasteiger charge is 2.47. The molecule has 2 aromatic heterocycles. The minimum absolute atomic E-state index is 0.0190. The fourth-order valence-electron chi connectivity index (χ4n) is 4.08. The van der Waals surface area contributed by atoms with Crippen LogP contribution in [0, 0.1) is 5.82 Å². The van der Waals surface area contributed by atoms with Gasteiger partial charge in [-0.2, -0.15) is 0 Å². The summed E-state index contributed by atoms with van der Waals surface area (Å²) in [4.78, 5) is 7.91. The van der Waals surface area contributed by atoms with E-state index in [1.165, 1.54) is 10.9 Å². The number of halogens is 3. The number of fused-ring (bicyclic) bond motifs is 1. The summed E-state index contributed by atoms with van der Waals surface area (Å²) < 4.78 is 49.5. The molecule has 1 aliphatic rings. The van der Waals surface area contributed by atoms with Gasteiger partial charge in [-0.1, -0.05) is 72.3 Å². The van der Waals surface area contributed by atoms with Crippen LogP contribution in [-0.4, -0.2) is 39.5 Å². The highest BCUT2D eigenvalue weighted by molar-refractivity contribution is 6.34. The molecule has 176 valence electrons. The monoisotopic (exact) mass is 485 g/mol. The molecular weight excluding hydrogens is 464 g/mol. The smallest absolute Gasteiger partial charge is 0.174 e. The minimum Gasteiger partial charge on any atom is -0.374 e. The Morgan fingerprint density at radius 1 is 0.971 bits per heavy atom. The predicted octanol–water partition coefficient (Wildman–Crippen LogP) is 5.26. The maximum Gasteiger partial charge on any atom is 0.174 e. The number of benzene rings is 2. The lowest BCUT2D eigenvalue weighted by Crippen LogP contribution is -2.34. The molecule has 0 spiro atoms. The third kappa shape index (κ3) is 4.67. The van der Waals surface area contributed by atoms with Crippen LogP contribution in [0.25, 0.3) is 11.0 Å². The lowest BCUT2D eigenvalue weighted by Gasteiger charge is -2.20. The Morgan fingerprint density at radius 2 is 1.65 bits per heavy atom. The number of ether oxygens (including phenoxy) is 3. The van der Waals surface area contributed by atoms with Gasteiger partial charge in [0, 0.05) is 6.20 Å². The van der Waals surface area contributed by atoms with Crippen molar-refractivity contribution in [1.82, 2.24) is 14.5 Å². The average molecular weight is 486 g/mol. The molecule has 5 rings (SSSR count). The number of hydrogen-bond donors (Lipinski definition) is 0. The summed E-state index contributed by atoms with van der Waals surface area (Å²) in [5.41, 5.74) is 2.04. The summed E-state index contributed by atoms with van der Waals surface area (Å²) in [7, 11) is 0. The van der Waals surface area contributed by atoms with Crippen LogP contribution in [0.3, 0.4) is 0 Å². The van der Waals surface area contributed by atoms with Crippen LogP contribution in [-0.2, 0) is 27.4 Å². The van der Waals surface area contributed by atoms with E-state index in [2.05, 4.69) is 9.97 Å². The van der Waals surface area contributed by atoms with E-state index in [9.17, 15) is 4.39 Å². The van der Waals surface area contributed by atoms with E-state index in [1.54, 1.807) is 0 Å². The second kappa shape index (κ2) is 10.1. The van der Waals surface area contributed by atoms with Crippen molar-refractivity contribution >= 4 is 22.6 Å². The van der Waals surface area contributed by atoms with E-state index in [0.29, 0.717) is 6.61 Å². The van der Waals surface area contributed by atoms with Gasteiger partial charge in [-0.05, 0) is 11.1 Å². The zero-order valence-corrected chi connectivity index (χ0v) is 18.8. The van der Waals surface area contributed by atoms with Crippen molar-refractivity contribution in [1.29, 1.82) is 0 Å². The molecule has 1 aliphatic heterocycles. The third-order valence-corrected chi connectivity index (χ3v) is 6.02. The average Bonchev–Trinajstić information content (AvgIpc) is 3.36. The van der Waals surface area contributed by atoms with E-state index >= 15 is 4.39 Å². The highest BCUT2D eigenvalue weighted by atomic mass is 35.5. The van der Waals surface area contributed by atoms with Crippen molar-refractivity contribution in [2.75, 3.05) is 6.61 Å². The van der Waals surface area contributed by atoms with Crippen molar-refractivity contribution in [3.63, 3.8) is 0 Å². The summed E-state index contributed by atoms with van der Waals surface area (Å²) >= 11 is 6.04. The molecule has 3 heterocycles. The lowest BCUT2D eigenvalue weighted by molar-refractivity contribution is -0.0819. The molecule has 0 N–H and O–H groups in total. The molecule has 0 aliphatic carbocycles. The van der Waals surface area contributed by atoms with Crippen molar-refractivity contribution < 1.29 is 23.0 Å². The van der Waals surface area contributed by atoms with E-state index in [-0.39, 0.29) is 29.4 Å². The first kappa shape index (κ1) is 22.9. The fourth-order valence-corrected chi connectivity index (χ4v) is 4.30. The first-order chi connectivity index (χ1) is 16.6. The maximum atomic E-state index is 15.8. The van der Waals surface area contributed by atoms with Crippen LogP contribution in [0.2, 0.25) is 5.15 Å². The van der Waals surface area contributed by atoms with Gasteiger partial charge in [-0.3, -0.25) is 4.57 Å². The van der Waals surface area contributed by atoms with Crippen molar-refractivity contribution in [2.45, 2.75) is 37.8 Å². The van der Waals surface area contributed by atoms with Gasteiger partial charge in [0.15, 0.2) is 18.2 Å². The van der Waals surface area contributed by atoms with E-state index in [1.807, 2.05) is 60.7 Å². The first-order valence-corrected chi connectivity index (χ1v) is 11.2. The van der Waals surface area contributed by atoms with Crippen molar-refractivity contribution in [3.05, 3.63) is 95.3 Å². The van der Waals surface area contributed by atoms with Gasteiger partial charge in [-0.15, -0.1) is 0 Å². The molecule has 4 aromatic rings. The summed E-state index contributed by atoms with van der Waals surface area (Å²) in [6.45, 7) is 0.645. The van der Waals surface area contributed by atoms with Gasteiger partial charge in [0.25, 0.3) is 0 Å². The summed E-state index contributed by atoms with van der Waals surface area (Å²) in [6.07, 6.45) is -2.08. The minimum atomic E-state index is -1.60. The molecular formula is C25H22ClF2N3O3. The number of alkyl halides is 1. The zero-order valence-electron chi connectivity index (χ0n) is 18.1. The SMILES string of the molecule is Fc1cn([C@@H]2O[C@H](COCc3ccccc3)C(OCc3ccccc3)C2F)c2ncnc(Cl)c12. The Bertz CT molecular complexity index is 1240. The molecule has 6 nitrogen and oxygen atoms in total. The Kier molecular flexibility index (Phi) is 6.82. The number of aromatic nitrogens is 3. The van der Waals surface area contributed by atoms with Crippen LogP contribution < -0.4 is 0 Å². The Balaban J connectivity index is 1.37. The normalized spacial score (nSPS) is 22.4. The van der Waals surface area contributed by atoms with E-state index in [4.69, 9.17) is 25.8 Å². The molecule has 9 heteroatoms. The number of hydrogen-bond acceptors (Lipinski definition) is 5. The van der Waals surface area contributed by atoms with Gasteiger partial charge in [-0.25, -0.2) is 18.7 Å². The quantitative estimate of drug-likeness (QED) is 0.319. The molecule has 1 fully saturated rings. The van der Waals surface area contributed by atoms with Crippen LogP contribution in [0.1, 0.15) is 17.4 Å². The Hall–Kier alpha value is -2.91. The van der Waals surface area contributed by atoms with Gasteiger partial charge in [0.1, 0.15) is 29.3 Å². The Labute approximate surface area is 200 Å². The first-order valence-electron chi connectivity index (χ1n) is 10.8. The Morgan fingerprint density at radius 3 is 2.35 bits per heavy atom. The molecule has 0 radical (unpaired) electrons. The molecule has 4 atom stereocenters. The lowest BCUT2D eigenvalue weighted by atomic mass is 10.1. The second-order valence-electron chi connectivity index (χ2n) is 8.02. The maximum absolute atomic E-state index is 15.8. The summed E-state index contributed by atoms with van der Waals surface area (Å²) in [6, 6.07) is 19.1. The van der Waals surface area contributed by atoms with Gasteiger partial charge in [0.05, 0.1) is 25.2 Å². The van der Waals surface area contributed by atoms with Gasteiger partial charge < -0.3 is 14.2 Å². The molecule has 34 heavy (non-hydrogen) atoms. The molecule has 0 bridgehead atoms. The standard InChI is InChI=1S/C25H22ClF2N3O3/c26-23-20-18(27)11-31(24(20)30-15-29-23)25-21(28)22(33-13-17-9-5-2-6-10-17)19(34-25)14-32-12-16-7-3-1-4-8-16/h1-11,15,19,21-22,25H,12-14H2/t19-,21?,22?,25-/m1/s1. The predicted molar refractivity (Wildman–Crippen MR) is 122 cm³/mol. The molecule has 2 aromatic carbocycles. The van der Waals surface area contributed by atoms with E-state index in [0.717, 1.165) is 17.3 Å². The fraction of sp³-hybridized carbons (Fsp3) is 0.280. The van der Waals surface area contributed by atoms with Crippen molar-refractivity contribution in [3.8, 4) is 0 Å². The van der Waals surface area contributed by atoms with Crippen LogP contribution in [0.15, 0.2) is 73.2 Å². The number of nitrogens with zero attached hydrogens (tertiary/aromatic N) is 3. The van der Waals surface area contributed by atoms with Crippen molar-refractivity contribution in [2.24, 2.45) is 0 Å². The van der Waals surface area contributed by atoms with Gasteiger partial charge in [0.2, 0.25) is 0 Å². The summed E-state index contributed by atoms with van der Waals surface area (Å²) in [5, 5.41) is -0.0280. The molecule has 2 unspecified atom stereocenters. The van der Waals surface area contributed by atoms with E-state index < -0.39 is 30.4 Å². The topological polar surface area (TPSA) is 58.4 Å². The largest absolute Gasteiger partial charge is 0.374 e. The summed E-state index contributed by atoms with van der Waals surface area (Å²) in [5.74, 6) is -0.651. The second-order valence-corrected chi connectivity index (χ2v) is 8.38. The third-order valence-electron chi connectivity index (χ3n) is 5.74. The molecule has 0 amide bonds. The number of rotatable bonds is 8. The molecule has 1 saturated heterocycles. The highest BCUT2D eigenvalue weighted by Crippen LogP contribution is 2.38. The van der Waals surface area contributed by atoms with Crippen LogP contribution in [0.4, 0.5) is 8.78 Å². The van der Waals surface area contributed by atoms with Crippen LogP contribution >= 0.6 is 11.6 Å². The molecule has 0 saturated carbocycles. The van der Waals surface area contributed by atoms with Crippen LogP contribution in [0.5, 0.6) is 0 Å². The zero-order chi connectivity index (χ0) is 23.5. The van der Waals surface area contributed by atoms with Gasteiger partial charge >= 0.3 is 0 Å².